The minimum absolute atomic E-state index is 0.180. The van der Waals surface area contributed by atoms with E-state index in [0.717, 1.165) is 22.9 Å². The highest BCUT2D eigenvalue weighted by Gasteiger charge is 2.30. The number of alkyl halides is 3. The Hall–Kier alpha value is -1.30. The van der Waals surface area contributed by atoms with Gasteiger partial charge in [-0.2, -0.15) is 13.2 Å². The van der Waals surface area contributed by atoms with Crippen molar-refractivity contribution < 1.29 is 18.3 Å². The number of aliphatic hydroxyl groups is 1. The molecular weight excluding hydrogens is 247 g/mol. The van der Waals surface area contributed by atoms with E-state index in [1.54, 1.807) is 0 Å². The Morgan fingerprint density at radius 2 is 2.06 bits per heavy atom. The van der Waals surface area contributed by atoms with Crippen molar-refractivity contribution in [3.8, 4) is 0 Å². The Morgan fingerprint density at radius 3 is 2.61 bits per heavy atom. The summed E-state index contributed by atoms with van der Waals surface area (Å²) in [7, 11) is 0. The lowest BCUT2D eigenvalue weighted by atomic mass is 10.1. The highest BCUT2D eigenvalue weighted by molar-refractivity contribution is 5.13. The SMILES string of the molecule is CCC(O)CCCn1cc(C(F)(F)F)ccc1=O. The third-order valence-electron chi connectivity index (χ3n) is 2.72. The standard InChI is InChI=1S/C12H16F3NO2/c1-2-10(17)4-3-7-16-8-9(12(13,14)15)5-6-11(16)18/h5-6,8,10,17H,2-4,7H2,1H3. The summed E-state index contributed by atoms with van der Waals surface area (Å²) in [5.41, 5.74) is -1.30. The molecule has 1 unspecified atom stereocenters. The van der Waals surface area contributed by atoms with Crippen LogP contribution in [0.1, 0.15) is 31.7 Å². The van der Waals surface area contributed by atoms with E-state index in [1.165, 1.54) is 0 Å². The smallest absolute Gasteiger partial charge is 0.393 e. The van der Waals surface area contributed by atoms with Crippen LogP contribution in [-0.4, -0.2) is 15.8 Å². The van der Waals surface area contributed by atoms with Crippen molar-refractivity contribution in [2.45, 2.75) is 45.0 Å². The summed E-state index contributed by atoms with van der Waals surface area (Å²) in [5.74, 6) is 0. The molecule has 1 heterocycles. The highest BCUT2D eigenvalue weighted by Crippen LogP contribution is 2.28. The van der Waals surface area contributed by atoms with Crippen LogP contribution in [-0.2, 0) is 12.7 Å². The largest absolute Gasteiger partial charge is 0.417 e. The molecule has 18 heavy (non-hydrogen) atoms. The molecule has 102 valence electrons. The van der Waals surface area contributed by atoms with E-state index in [2.05, 4.69) is 0 Å². The number of hydrogen-bond acceptors (Lipinski definition) is 2. The monoisotopic (exact) mass is 263 g/mol. The lowest BCUT2D eigenvalue weighted by Gasteiger charge is -2.11. The van der Waals surface area contributed by atoms with Crippen molar-refractivity contribution in [3.05, 3.63) is 34.2 Å². The van der Waals surface area contributed by atoms with E-state index in [0.29, 0.717) is 19.3 Å². The number of nitrogens with zero attached hydrogens (tertiary/aromatic N) is 1. The molecule has 0 bridgehead atoms. The van der Waals surface area contributed by atoms with Crippen LogP contribution in [0.2, 0.25) is 0 Å². The van der Waals surface area contributed by atoms with Crippen molar-refractivity contribution in [3.63, 3.8) is 0 Å². The summed E-state index contributed by atoms with van der Waals surface area (Å²) in [4.78, 5) is 11.4. The average Bonchev–Trinajstić information content (AvgIpc) is 2.29. The average molecular weight is 263 g/mol. The molecule has 0 aromatic carbocycles. The fraction of sp³-hybridized carbons (Fsp3) is 0.583. The second-order valence-corrected chi connectivity index (χ2v) is 4.15. The Labute approximate surface area is 103 Å². The fourth-order valence-electron chi connectivity index (χ4n) is 1.58. The number of hydrogen-bond donors (Lipinski definition) is 1. The summed E-state index contributed by atoms with van der Waals surface area (Å²) in [6.07, 6.45) is -2.56. The molecule has 0 saturated heterocycles. The first-order valence-electron chi connectivity index (χ1n) is 5.80. The third-order valence-corrected chi connectivity index (χ3v) is 2.72. The molecule has 0 aliphatic rings. The molecule has 0 amide bonds. The first kappa shape index (κ1) is 14.8. The Bertz CT molecular complexity index is 440. The van der Waals surface area contributed by atoms with Gasteiger partial charge in [0.05, 0.1) is 11.7 Å². The Kier molecular flexibility index (Phi) is 4.95. The molecule has 0 saturated carbocycles. The van der Waals surface area contributed by atoms with Gasteiger partial charge >= 0.3 is 6.18 Å². The van der Waals surface area contributed by atoms with Crippen LogP contribution in [0.3, 0.4) is 0 Å². The highest BCUT2D eigenvalue weighted by atomic mass is 19.4. The third kappa shape index (κ3) is 4.18. The maximum absolute atomic E-state index is 12.4. The molecule has 3 nitrogen and oxygen atoms in total. The van der Waals surface area contributed by atoms with Gasteiger partial charge in [-0.3, -0.25) is 4.79 Å². The molecule has 6 heteroatoms. The van der Waals surface area contributed by atoms with E-state index >= 15 is 0 Å². The zero-order chi connectivity index (χ0) is 13.8. The number of rotatable bonds is 5. The van der Waals surface area contributed by atoms with Crippen molar-refractivity contribution >= 4 is 0 Å². The van der Waals surface area contributed by atoms with Gasteiger partial charge in [0.15, 0.2) is 0 Å². The van der Waals surface area contributed by atoms with Crippen LogP contribution in [0.25, 0.3) is 0 Å². The first-order chi connectivity index (χ1) is 8.34. The molecule has 0 fully saturated rings. The number of aromatic nitrogens is 1. The number of pyridine rings is 1. The minimum Gasteiger partial charge on any atom is -0.393 e. The molecule has 1 aromatic rings. The summed E-state index contributed by atoms with van der Waals surface area (Å²) in [5, 5.41) is 9.32. The number of halogens is 3. The van der Waals surface area contributed by atoms with E-state index in [-0.39, 0.29) is 6.54 Å². The van der Waals surface area contributed by atoms with Crippen molar-refractivity contribution in [2.24, 2.45) is 0 Å². The van der Waals surface area contributed by atoms with Gasteiger partial charge in [-0.15, -0.1) is 0 Å². The summed E-state index contributed by atoms with van der Waals surface area (Å²) >= 11 is 0. The van der Waals surface area contributed by atoms with Crippen LogP contribution < -0.4 is 5.56 Å². The van der Waals surface area contributed by atoms with Gasteiger partial charge in [0, 0.05) is 18.8 Å². The van der Waals surface area contributed by atoms with Crippen LogP contribution in [0.5, 0.6) is 0 Å². The second-order valence-electron chi connectivity index (χ2n) is 4.15. The van der Waals surface area contributed by atoms with Gasteiger partial charge in [0.25, 0.3) is 5.56 Å². The normalized spacial score (nSPS) is 13.6. The summed E-state index contributed by atoms with van der Waals surface area (Å²) in [6.45, 7) is 2.00. The second kappa shape index (κ2) is 6.04. The van der Waals surface area contributed by atoms with Crippen molar-refractivity contribution in [2.75, 3.05) is 0 Å². The van der Waals surface area contributed by atoms with Crippen LogP contribution >= 0.6 is 0 Å². The lowest BCUT2D eigenvalue weighted by Crippen LogP contribution is -2.22. The topological polar surface area (TPSA) is 42.2 Å². The maximum Gasteiger partial charge on any atom is 0.417 e. The number of aryl methyl sites for hydroxylation is 1. The minimum atomic E-state index is -4.45. The molecule has 1 aromatic heterocycles. The molecule has 0 aliphatic heterocycles. The zero-order valence-electron chi connectivity index (χ0n) is 10.1. The fourth-order valence-corrected chi connectivity index (χ4v) is 1.58. The van der Waals surface area contributed by atoms with E-state index in [4.69, 9.17) is 0 Å². The summed E-state index contributed by atoms with van der Waals surface area (Å²) in [6, 6.07) is 1.69. The summed E-state index contributed by atoms with van der Waals surface area (Å²) < 4.78 is 38.4. The van der Waals surface area contributed by atoms with Gasteiger partial charge in [0.2, 0.25) is 0 Å². The molecule has 1 rings (SSSR count). The first-order valence-corrected chi connectivity index (χ1v) is 5.80. The molecular formula is C12H16F3NO2. The molecule has 1 N–H and O–H groups in total. The van der Waals surface area contributed by atoms with Crippen molar-refractivity contribution in [1.29, 1.82) is 0 Å². The van der Waals surface area contributed by atoms with Gasteiger partial charge in [-0.25, -0.2) is 0 Å². The lowest BCUT2D eigenvalue weighted by molar-refractivity contribution is -0.138. The number of aliphatic hydroxyl groups excluding tert-OH is 1. The Balaban J connectivity index is 2.73. The molecule has 0 spiro atoms. The van der Waals surface area contributed by atoms with Crippen LogP contribution in [0.15, 0.2) is 23.1 Å². The predicted octanol–water partition coefficient (Wildman–Crippen LogP) is 2.42. The van der Waals surface area contributed by atoms with Crippen molar-refractivity contribution in [1.82, 2.24) is 4.57 Å². The molecule has 0 radical (unpaired) electrons. The van der Waals surface area contributed by atoms with Crippen LogP contribution in [0.4, 0.5) is 13.2 Å². The zero-order valence-corrected chi connectivity index (χ0v) is 10.1. The van der Waals surface area contributed by atoms with Gasteiger partial charge in [-0.1, -0.05) is 6.92 Å². The van der Waals surface area contributed by atoms with Gasteiger partial charge < -0.3 is 9.67 Å². The van der Waals surface area contributed by atoms with E-state index < -0.39 is 23.4 Å². The molecule has 1 atom stereocenters. The van der Waals surface area contributed by atoms with E-state index in [9.17, 15) is 23.1 Å². The van der Waals surface area contributed by atoms with Gasteiger partial charge in [0.1, 0.15) is 0 Å². The van der Waals surface area contributed by atoms with Gasteiger partial charge in [-0.05, 0) is 25.3 Å². The Morgan fingerprint density at radius 1 is 1.39 bits per heavy atom. The van der Waals surface area contributed by atoms with E-state index in [1.807, 2.05) is 6.92 Å². The quantitative estimate of drug-likeness (QED) is 0.886. The predicted molar refractivity (Wildman–Crippen MR) is 61.2 cm³/mol. The van der Waals surface area contributed by atoms with Crippen LogP contribution in [0, 0.1) is 0 Å². The maximum atomic E-state index is 12.4. The molecule has 0 aliphatic carbocycles.